The van der Waals surface area contributed by atoms with Crippen molar-refractivity contribution in [2.75, 3.05) is 0 Å². The van der Waals surface area contributed by atoms with Crippen LogP contribution in [0.1, 0.15) is 24.6 Å². The molecule has 0 saturated heterocycles. The quantitative estimate of drug-likeness (QED) is 0.871. The van der Waals surface area contributed by atoms with Crippen molar-refractivity contribution >= 4 is 26.9 Å². The number of hydrogen-bond acceptors (Lipinski definition) is 2. The van der Waals surface area contributed by atoms with Crippen molar-refractivity contribution in [1.29, 1.82) is 0 Å². The van der Waals surface area contributed by atoms with Gasteiger partial charge in [-0.15, -0.1) is 12.3 Å². The molecule has 0 bridgehead atoms. The summed E-state index contributed by atoms with van der Waals surface area (Å²) in [5.41, 5.74) is 6.83. The number of halogens is 1. The average molecular weight is 278 g/mol. The van der Waals surface area contributed by atoms with E-state index in [1.165, 1.54) is 0 Å². The molecule has 16 heavy (non-hydrogen) atoms. The first-order valence-electron chi connectivity index (χ1n) is 5.09. The predicted molar refractivity (Wildman–Crippen MR) is 68.9 cm³/mol. The predicted octanol–water partition coefficient (Wildman–Crippen LogP) is 3.61. The van der Waals surface area contributed by atoms with Crippen LogP contribution < -0.4 is 5.73 Å². The third-order valence-electron chi connectivity index (χ3n) is 2.48. The van der Waals surface area contributed by atoms with E-state index in [0.29, 0.717) is 6.42 Å². The van der Waals surface area contributed by atoms with E-state index in [0.717, 1.165) is 27.6 Å². The van der Waals surface area contributed by atoms with Gasteiger partial charge >= 0.3 is 0 Å². The van der Waals surface area contributed by atoms with E-state index >= 15 is 0 Å². The molecule has 0 fully saturated rings. The van der Waals surface area contributed by atoms with Crippen LogP contribution in [0.4, 0.5) is 0 Å². The fourth-order valence-corrected chi connectivity index (χ4v) is 2.07. The Balaban J connectivity index is 2.33. The molecule has 82 valence electrons. The van der Waals surface area contributed by atoms with Gasteiger partial charge in [-0.1, -0.05) is 12.1 Å². The van der Waals surface area contributed by atoms with Gasteiger partial charge in [0.1, 0.15) is 11.3 Å². The van der Waals surface area contributed by atoms with Gasteiger partial charge in [0.15, 0.2) is 0 Å². The van der Waals surface area contributed by atoms with Gasteiger partial charge in [0, 0.05) is 11.8 Å². The highest BCUT2D eigenvalue weighted by Gasteiger charge is 2.12. The number of hydrogen-bond donors (Lipinski definition) is 1. The number of para-hydroxylation sites is 1. The normalized spacial score (nSPS) is 12.6. The Morgan fingerprint density at radius 1 is 1.50 bits per heavy atom. The maximum Gasteiger partial charge on any atom is 0.148 e. The lowest BCUT2D eigenvalue weighted by molar-refractivity contribution is 0.481. The zero-order valence-corrected chi connectivity index (χ0v) is 10.3. The van der Waals surface area contributed by atoms with Crippen molar-refractivity contribution in [2.45, 2.75) is 18.9 Å². The van der Waals surface area contributed by atoms with Crippen molar-refractivity contribution in [3.8, 4) is 12.3 Å². The van der Waals surface area contributed by atoms with Crippen LogP contribution in [-0.4, -0.2) is 0 Å². The van der Waals surface area contributed by atoms with E-state index in [9.17, 15) is 0 Å². The number of nitrogens with two attached hydrogens (primary N) is 1. The molecule has 0 aliphatic rings. The Morgan fingerprint density at radius 3 is 3.00 bits per heavy atom. The lowest BCUT2D eigenvalue weighted by atomic mass is 10.1. The summed E-state index contributed by atoms with van der Waals surface area (Å²) in [6, 6.07) is 7.76. The molecular weight excluding hydrogens is 266 g/mol. The van der Waals surface area contributed by atoms with Gasteiger partial charge in [0.05, 0.1) is 10.5 Å². The molecule has 0 saturated carbocycles. The molecule has 0 aliphatic carbocycles. The molecule has 3 heteroatoms. The first-order valence-corrected chi connectivity index (χ1v) is 5.88. The first kappa shape index (κ1) is 11.3. The van der Waals surface area contributed by atoms with Gasteiger partial charge in [-0.05, 0) is 34.5 Å². The molecule has 1 aromatic carbocycles. The second kappa shape index (κ2) is 4.73. The van der Waals surface area contributed by atoms with Crippen LogP contribution in [0.15, 0.2) is 33.2 Å². The summed E-state index contributed by atoms with van der Waals surface area (Å²) in [6.45, 7) is 0. The van der Waals surface area contributed by atoms with Gasteiger partial charge in [-0.2, -0.15) is 0 Å². The summed E-state index contributed by atoms with van der Waals surface area (Å²) >= 11 is 3.45. The van der Waals surface area contributed by atoms with Gasteiger partial charge in [-0.25, -0.2) is 0 Å². The lowest BCUT2D eigenvalue weighted by Crippen LogP contribution is -2.08. The van der Waals surface area contributed by atoms with Crippen LogP contribution in [0.3, 0.4) is 0 Å². The fourth-order valence-electron chi connectivity index (χ4n) is 1.61. The van der Waals surface area contributed by atoms with Crippen molar-refractivity contribution in [3.63, 3.8) is 0 Å². The Bertz CT molecular complexity index is 538. The van der Waals surface area contributed by atoms with Crippen LogP contribution in [0, 0.1) is 12.3 Å². The van der Waals surface area contributed by atoms with Crippen LogP contribution >= 0.6 is 15.9 Å². The Kier molecular flexibility index (Phi) is 3.33. The number of rotatable bonds is 3. The van der Waals surface area contributed by atoms with Gasteiger partial charge < -0.3 is 10.2 Å². The fraction of sp³-hybridized carbons (Fsp3) is 0.231. The molecule has 2 aromatic rings. The zero-order chi connectivity index (χ0) is 11.5. The summed E-state index contributed by atoms with van der Waals surface area (Å²) in [6.07, 6.45) is 6.62. The summed E-state index contributed by atoms with van der Waals surface area (Å²) in [4.78, 5) is 0. The highest BCUT2D eigenvalue weighted by Crippen LogP contribution is 2.30. The number of terminal acetylenes is 1. The van der Waals surface area contributed by atoms with Crippen molar-refractivity contribution in [1.82, 2.24) is 0 Å². The summed E-state index contributed by atoms with van der Waals surface area (Å²) in [5, 5.41) is 1.06. The van der Waals surface area contributed by atoms with Crippen molar-refractivity contribution in [3.05, 3.63) is 34.5 Å². The number of fused-ring (bicyclic) bond motifs is 1. The van der Waals surface area contributed by atoms with E-state index in [4.69, 9.17) is 16.6 Å². The minimum absolute atomic E-state index is 0.129. The molecule has 0 radical (unpaired) electrons. The van der Waals surface area contributed by atoms with Gasteiger partial charge in [0.2, 0.25) is 0 Å². The van der Waals surface area contributed by atoms with E-state index in [2.05, 4.69) is 21.9 Å². The largest absolute Gasteiger partial charge is 0.458 e. The summed E-state index contributed by atoms with van der Waals surface area (Å²) in [7, 11) is 0. The van der Waals surface area contributed by atoms with Crippen LogP contribution in [0.5, 0.6) is 0 Å². The molecule has 0 amide bonds. The molecule has 2 N–H and O–H groups in total. The molecule has 2 rings (SSSR count). The van der Waals surface area contributed by atoms with Crippen molar-refractivity contribution < 1.29 is 4.42 Å². The monoisotopic (exact) mass is 277 g/mol. The minimum Gasteiger partial charge on any atom is -0.458 e. The second-order valence-electron chi connectivity index (χ2n) is 3.66. The average Bonchev–Trinajstić information content (AvgIpc) is 2.71. The highest BCUT2D eigenvalue weighted by molar-refractivity contribution is 9.10. The second-order valence-corrected chi connectivity index (χ2v) is 4.51. The molecule has 2 nitrogen and oxygen atoms in total. The summed E-state index contributed by atoms with van der Waals surface area (Å²) in [5.74, 6) is 3.37. The third kappa shape index (κ3) is 2.13. The topological polar surface area (TPSA) is 39.2 Å². The number of benzene rings is 1. The van der Waals surface area contributed by atoms with Gasteiger partial charge in [-0.3, -0.25) is 0 Å². The maximum atomic E-state index is 5.99. The molecular formula is C13H12BrNO. The smallest absolute Gasteiger partial charge is 0.148 e. The Morgan fingerprint density at radius 2 is 2.31 bits per heavy atom. The van der Waals surface area contributed by atoms with E-state index in [1.54, 1.807) is 0 Å². The standard InChI is InChI=1S/C13H12BrNO/c1-2-3-7-11(15)12-8-9-5-4-6-10(14)13(9)16-12/h1,4-6,8,11H,3,7,15H2. The molecule has 0 spiro atoms. The summed E-state index contributed by atoms with van der Waals surface area (Å²) < 4.78 is 6.66. The molecule has 1 heterocycles. The van der Waals surface area contributed by atoms with Crippen LogP contribution in [0.2, 0.25) is 0 Å². The minimum atomic E-state index is -0.129. The molecule has 1 unspecified atom stereocenters. The lowest BCUT2D eigenvalue weighted by Gasteiger charge is -2.04. The van der Waals surface area contributed by atoms with Crippen LogP contribution in [0.25, 0.3) is 11.0 Å². The van der Waals surface area contributed by atoms with E-state index in [1.807, 2.05) is 24.3 Å². The zero-order valence-electron chi connectivity index (χ0n) is 8.74. The molecule has 1 aromatic heterocycles. The van der Waals surface area contributed by atoms with E-state index < -0.39 is 0 Å². The van der Waals surface area contributed by atoms with E-state index in [-0.39, 0.29) is 6.04 Å². The molecule has 0 aliphatic heterocycles. The highest BCUT2D eigenvalue weighted by atomic mass is 79.9. The number of furan rings is 1. The molecule has 1 atom stereocenters. The van der Waals surface area contributed by atoms with Crippen LogP contribution in [-0.2, 0) is 0 Å². The third-order valence-corrected chi connectivity index (χ3v) is 3.10. The van der Waals surface area contributed by atoms with Gasteiger partial charge in [0.25, 0.3) is 0 Å². The maximum absolute atomic E-state index is 5.99. The SMILES string of the molecule is C#CCCC(N)c1cc2cccc(Br)c2o1. The first-order chi connectivity index (χ1) is 7.72. The Hall–Kier alpha value is -1.24. The Labute approximate surface area is 103 Å². The van der Waals surface area contributed by atoms with Crippen molar-refractivity contribution in [2.24, 2.45) is 5.73 Å².